The molecule has 4 rings (SSSR count). The summed E-state index contributed by atoms with van der Waals surface area (Å²) in [6, 6.07) is 12.0. The van der Waals surface area contributed by atoms with Crippen molar-refractivity contribution in [3.63, 3.8) is 0 Å². The molecule has 0 spiro atoms. The van der Waals surface area contributed by atoms with Gasteiger partial charge < -0.3 is 0 Å². The molecule has 7 heteroatoms. The second-order valence-electron chi connectivity index (χ2n) is 6.23. The van der Waals surface area contributed by atoms with Crippen molar-refractivity contribution < 1.29 is 4.79 Å². The summed E-state index contributed by atoms with van der Waals surface area (Å²) in [5, 5.41) is 11.1. The molecule has 0 fully saturated rings. The molecule has 0 aliphatic heterocycles. The highest BCUT2D eigenvalue weighted by atomic mass is 16.2. The zero-order chi connectivity index (χ0) is 18.1. The average molecular weight is 346 g/mol. The maximum absolute atomic E-state index is 12.1. The molecule has 0 atom stereocenters. The van der Waals surface area contributed by atoms with Gasteiger partial charge in [-0.15, -0.1) is 5.10 Å². The number of hydrogen-bond donors (Lipinski definition) is 1. The molecule has 1 aromatic carbocycles. The van der Waals surface area contributed by atoms with Gasteiger partial charge in [0.25, 0.3) is 0 Å². The fraction of sp³-hybridized carbons (Fsp3) is 0.158. The Bertz CT molecular complexity index is 1080. The normalized spacial score (nSPS) is 11.0. The predicted octanol–water partition coefficient (Wildman–Crippen LogP) is 2.85. The van der Waals surface area contributed by atoms with Gasteiger partial charge in [0.2, 0.25) is 11.9 Å². The van der Waals surface area contributed by atoms with E-state index >= 15 is 0 Å². The van der Waals surface area contributed by atoms with Crippen LogP contribution in [0.3, 0.4) is 0 Å². The third kappa shape index (κ3) is 3.19. The zero-order valence-electron chi connectivity index (χ0n) is 14.5. The van der Waals surface area contributed by atoms with Gasteiger partial charge in [-0.25, -0.2) is 4.52 Å². The number of aryl methyl sites for hydroxylation is 2. The fourth-order valence-electron chi connectivity index (χ4n) is 2.85. The Morgan fingerprint density at radius 1 is 1.19 bits per heavy atom. The van der Waals surface area contributed by atoms with E-state index in [0.717, 1.165) is 11.1 Å². The molecular formula is C19H18N6O. The van der Waals surface area contributed by atoms with Gasteiger partial charge in [-0.05, 0) is 43.2 Å². The van der Waals surface area contributed by atoms with Crippen LogP contribution in [-0.2, 0) is 11.3 Å². The van der Waals surface area contributed by atoms with Crippen LogP contribution in [0.15, 0.2) is 55.0 Å². The van der Waals surface area contributed by atoms with Crippen molar-refractivity contribution in [2.24, 2.45) is 0 Å². The highest BCUT2D eigenvalue weighted by molar-refractivity contribution is 5.88. The third-order valence-electron chi connectivity index (χ3n) is 4.15. The zero-order valence-corrected chi connectivity index (χ0v) is 14.5. The van der Waals surface area contributed by atoms with E-state index in [1.807, 2.05) is 18.3 Å². The van der Waals surface area contributed by atoms with Crippen molar-refractivity contribution in [2.45, 2.75) is 20.4 Å². The van der Waals surface area contributed by atoms with E-state index in [0.29, 0.717) is 5.65 Å². The average Bonchev–Trinajstić information content (AvgIpc) is 3.25. The van der Waals surface area contributed by atoms with Crippen LogP contribution in [0, 0.1) is 13.8 Å². The van der Waals surface area contributed by atoms with Gasteiger partial charge >= 0.3 is 0 Å². The summed E-state index contributed by atoms with van der Waals surface area (Å²) in [5.41, 5.74) is 5.29. The smallest absolute Gasteiger partial charge is 0.249 e. The van der Waals surface area contributed by atoms with Crippen LogP contribution < -0.4 is 5.32 Å². The van der Waals surface area contributed by atoms with Gasteiger partial charge in [0, 0.05) is 24.2 Å². The molecule has 3 aromatic heterocycles. The van der Waals surface area contributed by atoms with Crippen LogP contribution in [0.4, 0.5) is 5.95 Å². The molecule has 0 aliphatic rings. The Morgan fingerprint density at radius 2 is 2.08 bits per heavy atom. The molecule has 0 radical (unpaired) electrons. The maximum atomic E-state index is 12.1. The third-order valence-corrected chi connectivity index (χ3v) is 4.15. The number of nitrogens with one attached hydrogen (secondary N) is 1. The van der Waals surface area contributed by atoms with Gasteiger partial charge in [0.1, 0.15) is 6.54 Å². The van der Waals surface area contributed by atoms with Crippen LogP contribution >= 0.6 is 0 Å². The molecule has 1 amide bonds. The minimum Gasteiger partial charge on any atom is -0.292 e. The summed E-state index contributed by atoms with van der Waals surface area (Å²) >= 11 is 0. The molecule has 4 aromatic rings. The van der Waals surface area contributed by atoms with E-state index in [1.165, 1.54) is 11.1 Å². The van der Waals surface area contributed by atoms with E-state index in [4.69, 9.17) is 0 Å². The summed E-state index contributed by atoms with van der Waals surface area (Å²) in [6.07, 6.45) is 5.28. The van der Waals surface area contributed by atoms with E-state index < -0.39 is 0 Å². The van der Waals surface area contributed by atoms with Crippen molar-refractivity contribution in [3.05, 3.63) is 66.1 Å². The van der Waals surface area contributed by atoms with Crippen molar-refractivity contribution in [1.82, 2.24) is 24.4 Å². The molecular weight excluding hydrogens is 328 g/mol. The number of hydrogen-bond acceptors (Lipinski definition) is 4. The lowest BCUT2D eigenvalue weighted by Gasteiger charge is -2.07. The second-order valence-corrected chi connectivity index (χ2v) is 6.23. The number of aromatic nitrogens is 5. The highest BCUT2D eigenvalue weighted by Gasteiger charge is 2.10. The molecule has 3 heterocycles. The largest absolute Gasteiger partial charge is 0.292 e. The Labute approximate surface area is 150 Å². The van der Waals surface area contributed by atoms with Crippen LogP contribution in [0.1, 0.15) is 11.1 Å². The van der Waals surface area contributed by atoms with E-state index in [-0.39, 0.29) is 18.4 Å². The molecule has 0 unspecified atom stereocenters. The lowest BCUT2D eigenvalue weighted by atomic mass is 10.00. The summed E-state index contributed by atoms with van der Waals surface area (Å²) in [5.74, 6) is 0.0552. The van der Waals surface area contributed by atoms with Crippen LogP contribution in [0.2, 0.25) is 0 Å². The molecule has 0 saturated carbocycles. The fourth-order valence-corrected chi connectivity index (χ4v) is 2.85. The number of anilines is 1. The molecule has 0 bridgehead atoms. The summed E-state index contributed by atoms with van der Waals surface area (Å²) in [7, 11) is 0. The lowest BCUT2D eigenvalue weighted by molar-refractivity contribution is -0.116. The van der Waals surface area contributed by atoms with Crippen LogP contribution in [0.5, 0.6) is 0 Å². The first kappa shape index (κ1) is 16.0. The monoisotopic (exact) mass is 346 g/mol. The maximum Gasteiger partial charge on any atom is 0.249 e. The molecule has 0 aliphatic carbocycles. The second kappa shape index (κ2) is 6.44. The summed E-state index contributed by atoms with van der Waals surface area (Å²) in [4.78, 5) is 16.4. The van der Waals surface area contributed by atoms with Gasteiger partial charge in [-0.1, -0.05) is 23.8 Å². The number of fused-ring (bicyclic) bond motifs is 1. The molecule has 130 valence electrons. The van der Waals surface area contributed by atoms with E-state index in [9.17, 15) is 4.79 Å². The number of nitrogens with zero attached hydrogens (tertiary/aromatic N) is 5. The van der Waals surface area contributed by atoms with Crippen molar-refractivity contribution in [1.29, 1.82) is 0 Å². The molecule has 7 nitrogen and oxygen atoms in total. The molecule has 26 heavy (non-hydrogen) atoms. The Balaban J connectivity index is 1.59. The van der Waals surface area contributed by atoms with Crippen molar-refractivity contribution in [2.75, 3.05) is 5.32 Å². The number of carbonyl (C=O) groups excluding carboxylic acids is 1. The highest BCUT2D eigenvalue weighted by Crippen LogP contribution is 2.25. The number of rotatable bonds is 4. The van der Waals surface area contributed by atoms with Crippen LogP contribution in [0.25, 0.3) is 16.8 Å². The number of pyridine rings is 1. The Hall–Kier alpha value is -3.48. The van der Waals surface area contributed by atoms with Gasteiger partial charge in [0.05, 0.1) is 0 Å². The Morgan fingerprint density at radius 3 is 2.88 bits per heavy atom. The van der Waals surface area contributed by atoms with Crippen molar-refractivity contribution in [3.8, 4) is 11.1 Å². The topological polar surface area (TPSA) is 77.1 Å². The van der Waals surface area contributed by atoms with E-state index in [1.54, 1.807) is 27.7 Å². The van der Waals surface area contributed by atoms with Crippen LogP contribution in [-0.4, -0.2) is 30.3 Å². The molecule has 0 saturated heterocycles. The number of amides is 1. The number of benzene rings is 1. The minimum atomic E-state index is -0.223. The quantitative estimate of drug-likeness (QED) is 0.616. The summed E-state index contributed by atoms with van der Waals surface area (Å²) < 4.78 is 3.23. The van der Waals surface area contributed by atoms with Gasteiger partial charge in [0.15, 0.2) is 5.65 Å². The van der Waals surface area contributed by atoms with E-state index in [2.05, 4.69) is 52.5 Å². The predicted molar refractivity (Wildman–Crippen MR) is 98.8 cm³/mol. The standard InChI is InChI=1S/C19H18N6O/c1-13-4-5-14(2)16(10-13)15-6-7-17-21-19(23-25(17)11-15)22-18(26)12-24-9-3-8-20-24/h3-11H,12H2,1-2H3,(H,22,23,26). The lowest BCUT2D eigenvalue weighted by Crippen LogP contribution is -2.19. The SMILES string of the molecule is Cc1ccc(C)c(-c2ccc3nc(NC(=O)Cn4cccn4)nn3c2)c1. The Kier molecular flexibility index (Phi) is 3.96. The minimum absolute atomic E-state index is 0.121. The first-order valence-corrected chi connectivity index (χ1v) is 8.30. The number of carbonyl (C=O) groups is 1. The molecule has 1 N–H and O–H groups in total. The van der Waals surface area contributed by atoms with Crippen molar-refractivity contribution >= 4 is 17.5 Å². The van der Waals surface area contributed by atoms with Gasteiger partial charge in [-0.2, -0.15) is 10.1 Å². The first-order valence-electron chi connectivity index (χ1n) is 8.30. The van der Waals surface area contributed by atoms with Gasteiger partial charge in [-0.3, -0.25) is 14.8 Å². The summed E-state index contributed by atoms with van der Waals surface area (Å²) in [6.45, 7) is 4.28. The first-order chi connectivity index (χ1) is 12.6.